The van der Waals surface area contributed by atoms with Gasteiger partial charge in [0.15, 0.2) is 0 Å². The average Bonchev–Trinajstić information content (AvgIpc) is 2.76. The molecule has 3 fully saturated rings. The van der Waals surface area contributed by atoms with E-state index in [1.54, 1.807) is 0 Å². The third-order valence-corrected chi connectivity index (χ3v) is 5.52. The Morgan fingerprint density at radius 2 is 1.76 bits per heavy atom. The van der Waals surface area contributed by atoms with Crippen LogP contribution < -0.4 is 0 Å². The van der Waals surface area contributed by atoms with Gasteiger partial charge in [-0.05, 0) is 56.9 Å². The summed E-state index contributed by atoms with van der Waals surface area (Å²) in [5, 5.41) is 10.3. The van der Waals surface area contributed by atoms with Gasteiger partial charge in [-0.15, -0.1) is 0 Å². The maximum atomic E-state index is 10.3. The number of aliphatic hydroxyl groups excluding tert-OH is 1. The van der Waals surface area contributed by atoms with E-state index in [1.807, 2.05) is 0 Å². The van der Waals surface area contributed by atoms with Crippen molar-refractivity contribution >= 4 is 0 Å². The van der Waals surface area contributed by atoms with Crippen molar-refractivity contribution in [3.05, 3.63) is 0 Å². The van der Waals surface area contributed by atoms with E-state index in [4.69, 9.17) is 0 Å². The summed E-state index contributed by atoms with van der Waals surface area (Å²) in [6, 6.07) is 1.29. The Morgan fingerprint density at radius 1 is 0.941 bits per heavy atom. The van der Waals surface area contributed by atoms with Gasteiger partial charge in [0, 0.05) is 12.1 Å². The summed E-state index contributed by atoms with van der Waals surface area (Å²) in [5.74, 6) is 1.76. The summed E-state index contributed by atoms with van der Waals surface area (Å²) in [4.78, 5) is 2.70. The summed E-state index contributed by atoms with van der Waals surface area (Å²) in [7, 11) is 0. The molecule has 1 heterocycles. The zero-order valence-electron chi connectivity index (χ0n) is 11.1. The predicted molar refractivity (Wildman–Crippen MR) is 69.9 cm³/mol. The summed E-state index contributed by atoms with van der Waals surface area (Å²) >= 11 is 0. The minimum absolute atomic E-state index is 0.0492. The minimum atomic E-state index is -0.0492. The third kappa shape index (κ3) is 2.26. The van der Waals surface area contributed by atoms with E-state index in [0.717, 1.165) is 24.3 Å². The Morgan fingerprint density at radius 3 is 2.65 bits per heavy atom. The molecule has 0 aromatic heterocycles. The van der Waals surface area contributed by atoms with Crippen LogP contribution in [0.4, 0.5) is 0 Å². The number of fused-ring (bicyclic) bond motifs is 1. The van der Waals surface area contributed by atoms with E-state index in [9.17, 15) is 5.11 Å². The summed E-state index contributed by atoms with van der Waals surface area (Å²) in [6.07, 6.45) is 10.5. The molecule has 1 aliphatic heterocycles. The lowest BCUT2D eigenvalue weighted by molar-refractivity contribution is -0.00907. The zero-order valence-corrected chi connectivity index (χ0v) is 11.1. The molecule has 2 saturated carbocycles. The fourth-order valence-corrected chi connectivity index (χ4v) is 4.55. The predicted octanol–water partition coefficient (Wildman–Crippen LogP) is 2.80. The lowest BCUT2D eigenvalue weighted by Crippen LogP contribution is -2.50. The normalized spacial score (nSPS) is 48.0. The van der Waals surface area contributed by atoms with Crippen LogP contribution in [0.15, 0.2) is 0 Å². The molecule has 5 atom stereocenters. The molecule has 1 N–H and O–H groups in total. The highest BCUT2D eigenvalue weighted by Crippen LogP contribution is 2.40. The molecule has 0 spiro atoms. The van der Waals surface area contributed by atoms with E-state index in [2.05, 4.69) is 11.8 Å². The van der Waals surface area contributed by atoms with E-state index in [1.165, 1.54) is 51.5 Å². The van der Waals surface area contributed by atoms with Gasteiger partial charge in [0.2, 0.25) is 0 Å². The number of rotatable bonds is 1. The molecule has 2 heteroatoms. The second-order valence-electron chi connectivity index (χ2n) is 6.69. The number of nitrogens with zero attached hydrogens (tertiary/aromatic N) is 1. The average molecular weight is 237 g/mol. The van der Waals surface area contributed by atoms with Crippen LogP contribution >= 0.6 is 0 Å². The monoisotopic (exact) mass is 237 g/mol. The van der Waals surface area contributed by atoms with Gasteiger partial charge in [-0.2, -0.15) is 0 Å². The lowest BCUT2D eigenvalue weighted by atomic mass is 9.81. The van der Waals surface area contributed by atoms with Gasteiger partial charge in [-0.25, -0.2) is 0 Å². The van der Waals surface area contributed by atoms with Crippen molar-refractivity contribution in [3.8, 4) is 0 Å². The molecular formula is C15H27NO. The van der Waals surface area contributed by atoms with Crippen molar-refractivity contribution in [2.45, 2.75) is 76.5 Å². The SMILES string of the molecule is CC1CCC(O)C(N2CCC3CCCCC32)C1. The molecule has 1 saturated heterocycles. The Bertz CT molecular complexity index is 268. The van der Waals surface area contributed by atoms with Gasteiger partial charge in [0.25, 0.3) is 0 Å². The Kier molecular flexibility index (Phi) is 3.45. The molecule has 5 unspecified atom stereocenters. The van der Waals surface area contributed by atoms with Crippen molar-refractivity contribution < 1.29 is 5.11 Å². The molecule has 17 heavy (non-hydrogen) atoms. The molecule has 0 amide bonds. The summed E-state index contributed by atoms with van der Waals surface area (Å²) < 4.78 is 0. The van der Waals surface area contributed by atoms with Gasteiger partial charge >= 0.3 is 0 Å². The molecule has 2 nitrogen and oxygen atoms in total. The van der Waals surface area contributed by atoms with Gasteiger partial charge in [0.1, 0.15) is 0 Å². The molecule has 0 bridgehead atoms. The highest BCUT2D eigenvalue weighted by molar-refractivity contribution is 4.96. The van der Waals surface area contributed by atoms with E-state index in [0.29, 0.717) is 6.04 Å². The minimum Gasteiger partial charge on any atom is -0.391 e. The van der Waals surface area contributed by atoms with Crippen molar-refractivity contribution in [3.63, 3.8) is 0 Å². The summed E-state index contributed by atoms with van der Waals surface area (Å²) in [5.41, 5.74) is 0. The Hall–Kier alpha value is -0.0800. The standard InChI is InChI=1S/C15H27NO/c1-11-6-7-15(17)14(10-11)16-9-8-12-4-2-3-5-13(12)16/h11-15,17H,2-10H2,1H3. The largest absolute Gasteiger partial charge is 0.391 e. The fourth-order valence-electron chi connectivity index (χ4n) is 4.55. The Balaban J connectivity index is 1.70. The fraction of sp³-hybridized carbons (Fsp3) is 1.00. The van der Waals surface area contributed by atoms with E-state index >= 15 is 0 Å². The smallest absolute Gasteiger partial charge is 0.0695 e. The molecule has 3 rings (SSSR count). The maximum Gasteiger partial charge on any atom is 0.0695 e. The van der Waals surface area contributed by atoms with E-state index < -0.39 is 0 Å². The molecular weight excluding hydrogens is 210 g/mol. The van der Waals surface area contributed by atoms with Crippen molar-refractivity contribution in [1.82, 2.24) is 4.90 Å². The molecule has 98 valence electrons. The topological polar surface area (TPSA) is 23.5 Å². The maximum absolute atomic E-state index is 10.3. The highest BCUT2D eigenvalue weighted by Gasteiger charge is 2.42. The van der Waals surface area contributed by atoms with Crippen molar-refractivity contribution in [2.24, 2.45) is 11.8 Å². The van der Waals surface area contributed by atoms with Crippen LogP contribution in [0, 0.1) is 11.8 Å². The van der Waals surface area contributed by atoms with Crippen molar-refractivity contribution in [1.29, 1.82) is 0 Å². The number of aliphatic hydroxyl groups is 1. The quantitative estimate of drug-likeness (QED) is 0.758. The first-order chi connectivity index (χ1) is 8.25. The first-order valence-electron chi connectivity index (χ1n) is 7.69. The van der Waals surface area contributed by atoms with Gasteiger partial charge < -0.3 is 5.11 Å². The first-order valence-corrected chi connectivity index (χ1v) is 7.69. The van der Waals surface area contributed by atoms with Crippen LogP contribution in [0.1, 0.15) is 58.3 Å². The number of hydrogen-bond donors (Lipinski definition) is 1. The lowest BCUT2D eigenvalue weighted by Gasteiger charge is -2.42. The van der Waals surface area contributed by atoms with Gasteiger partial charge in [0.05, 0.1) is 6.10 Å². The highest BCUT2D eigenvalue weighted by atomic mass is 16.3. The zero-order chi connectivity index (χ0) is 11.8. The molecule has 3 aliphatic rings. The second kappa shape index (κ2) is 4.89. The van der Waals surface area contributed by atoms with Crippen LogP contribution in [0.25, 0.3) is 0 Å². The Labute approximate surface area is 105 Å². The van der Waals surface area contributed by atoms with Crippen LogP contribution in [0.5, 0.6) is 0 Å². The second-order valence-corrected chi connectivity index (χ2v) is 6.69. The van der Waals surface area contributed by atoms with Gasteiger partial charge in [-0.3, -0.25) is 4.90 Å². The van der Waals surface area contributed by atoms with Crippen LogP contribution in [-0.2, 0) is 0 Å². The molecule has 0 aromatic rings. The van der Waals surface area contributed by atoms with Crippen molar-refractivity contribution in [2.75, 3.05) is 6.54 Å². The molecule has 2 aliphatic carbocycles. The molecule has 0 aromatic carbocycles. The molecule has 0 radical (unpaired) electrons. The van der Waals surface area contributed by atoms with Crippen LogP contribution in [0.3, 0.4) is 0 Å². The number of hydrogen-bond acceptors (Lipinski definition) is 2. The third-order valence-electron chi connectivity index (χ3n) is 5.52. The van der Waals surface area contributed by atoms with Crippen LogP contribution in [0.2, 0.25) is 0 Å². The number of likely N-dealkylation sites (tertiary alicyclic amines) is 1. The van der Waals surface area contributed by atoms with Crippen LogP contribution in [-0.4, -0.2) is 34.7 Å². The first kappa shape index (κ1) is 12.0. The summed E-state index contributed by atoms with van der Waals surface area (Å²) in [6.45, 7) is 3.61. The van der Waals surface area contributed by atoms with Gasteiger partial charge in [-0.1, -0.05) is 19.8 Å². The van der Waals surface area contributed by atoms with E-state index in [-0.39, 0.29) is 6.10 Å².